The molecule has 0 bridgehead atoms. The highest BCUT2D eigenvalue weighted by atomic mass is 19.1. The smallest absolute Gasteiger partial charge is 0.291 e. The molecule has 1 aromatic carbocycles. The number of halogens is 1. The van der Waals surface area contributed by atoms with Crippen LogP contribution in [0.3, 0.4) is 0 Å². The van der Waals surface area contributed by atoms with Gasteiger partial charge in [0.1, 0.15) is 18.0 Å². The summed E-state index contributed by atoms with van der Waals surface area (Å²) in [6.07, 6.45) is 3.75. The maximum atomic E-state index is 13.5. The van der Waals surface area contributed by atoms with Crippen LogP contribution in [0, 0.1) is 5.82 Å². The SMILES string of the molecule is O=C(NCc1ncccc1F)c1ncn(CCNCCc2nc3ccccc3[nH]2)n1. The molecule has 1 amide bonds. The highest BCUT2D eigenvalue weighted by Crippen LogP contribution is 2.10. The Bertz CT molecular complexity index is 1110. The minimum Gasteiger partial charge on any atom is -0.343 e. The van der Waals surface area contributed by atoms with Crippen LogP contribution >= 0.6 is 0 Å². The molecule has 4 rings (SSSR count). The summed E-state index contributed by atoms with van der Waals surface area (Å²) in [5, 5.41) is 10.0. The fourth-order valence-corrected chi connectivity index (χ4v) is 2.95. The highest BCUT2D eigenvalue weighted by molar-refractivity contribution is 5.90. The number of aromatic nitrogens is 6. The Labute approximate surface area is 171 Å². The van der Waals surface area contributed by atoms with Gasteiger partial charge in [-0.1, -0.05) is 12.1 Å². The van der Waals surface area contributed by atoms with Crippen LogP contribution in [0.25, 0.3) is 11.0 Å². The predicted molar refractivity (Wildman–Crippen MR) is 108 cm³/mol. The summed E-state index contributed by atoms with van der Waals surface area (Å²) < 4.78 is 15.1. The molecule has 0 atom stereocenters. The van der Waals surface area contributed by atoms with Crippen LogP contribution in [-0.2, 0) is 19.5 Å². The number of nitrogens with one attached hydrogen (secondary N) is 3. The standard InChI is InChI=1S/C20H21FN8O/c21-14-4-3-8-23-17(14)12-24-20(30)19-25-13-29(28-19)11-10-22-9-7-18-26-15-5-1-2-6-16(15)27-18/h1-6,8,13,22H,7,9-12H2,(H,24,30)(H,26,27). The molecule has 10 heteroatoms. The van der Waals surface area contributed by atoms with Gasteiger partial charge in [0.05, 0.1) is 29.8 Å². The van der Waals surface area contributed by atoms with Crippen LogP contribution in [0.2, 0.25) is 0 Å². The van der Waals surface area contributed by atoms with Crippen LogP contribution in [0.5, 0.6) is 0 Å². The van der Waals surface area contributed by atoms with Crippen molar-refractivity contribution in [1.82, 2.24) is 40.3 Å². The zero-order chi connectivity index (χ0) is 20.8. The molecule has 0 fully saturated rings. The lowest BCUT2D eigenvalue weighted by Gasteiger charge is -2.04. The molecule has 0 radical (unpaired) electrons. The Kier molecular flexibility index (Phi) is 6.04. The summed E-state index contributed by atoms with van der Waals surface area (Å²) in [4.78, 5) is 27.9. The summed E-state index contributed by atoms with van der Waals surface area (Å²) in [5.41, 5.74) is 2.16. The van der Waals surface area contributed by atoms with Gasteiger partial charge in [0, 0.05) is 25.7 Å². The molecule has 0 aliphatic rings. The van der Waals surface area contributed by atoms with E-state index in [-0.39, 0.29) is 18.1 Å². The number of hydrogen-bond donors (Lipinski definition) is 3. The predicted octanol–water partition coefficient (Wildman–Crippen LogP) is 1.45. The average molecular weight is 408 g/mol. The van der Waals surface area contributed by atoms with Crippen molar-refractivity contribution < 1.29 is 9.18 Å². The van der Waals surface area contributed by atoms with Crippen LogP contribution in [0.15, 0.2) is 48.9 Å². The molecule has 3 N–H and O–H groups in total. The number of benzene rings is 1. The lowest BCUT2D eigenvalue weighted by molar-refractivity contribution is 0.0939. The van der Waals surface area contributed by atoms with Crippen molar-refractivity contribution in [1.29, 1.82) is 0 Å². The maximum absolute atomic E-state index is 13.5. The van der Waals surface area contributed by atoms with Crippen molar-refractivity contribution in [2.45, 2.75) is 19.5 Å². The molecule has 0 aliphatic carbocycles. The third-order valence-electron chi connectivity index (χ3n) is 4.49. The Morgan fingerprint density at radius 2 is 2.03 bits per heavy atom. The van der Waals surface area contributed by atoms with Gasteiger partial charge in [-0.05, 0) is 24.3 Å². The number of imidazole rings is 1. The van der Waals surface area contributed by atoms with Crippen LogP contribution in [-0.4, -0.2) is 48.7 Å². The number of fused-ring (bicyclic) bond motifs is 1. The quantitative estimate of drug-likeness (QED) is 0.361. The molecule has 0 spiro atoms. The second-order valence-corrected chi connectivity index (χ2v) is 6.65. The minimum absolute atomic E-state index is 0.0244. The Morgan fingerprint density at radius 1 is 1.13 bits per heavy atom. The van der Waals surface area contributed by atoms with Crippen molar-refractivity contribution in [3.63, 3.8) is 0 Å². The van der Waals surface area contributed by atoms with E-state index in [1.807, 2.05) is 24.3 Å². The molecule has 154 valence electrons. The summed E-state index contributed by atoms with van der Waals surface area (Å²) in [6.45, 7) is 1.97. The number of carbonyl (C=O) groups is 1. The monoisotopic (exact) mass is 408 g/mol. The molecule has 0 unspecified atom stereocenters. The van der Waals surface area contributed by atoms with Gasteiger partial charge < -0.3 is 15.6 Å². The molecule has 3 heterocycles. The summed E-state index contributed by atoms with van der Waals surface area (Å²) >= 11 is 0. The molecule has 3 aromatic heterocycles. The largest absolute Gasteiger partial charge is 0.343 e. The zero-order valence-electron chi connectivity index (χ0n) is 16.2. The van der Waals surface area contributed by atoms with Crippen molar-refractivity contribution in [2.24, 2.45) is 0 Å². The minimum atomic E-state index is -0.475. The van der Waals surface area contributed by atoms with Gasteiger partial charge in [-0.25, -0.2) is 14.4 Å². The molecular formula is C20H21FN8O. The van der Waals surface area contributed by atoms with Crippen molar-refractivity contribution >= 4 is 16.9 Å². The van der Waals surface area contributed by atoms with Crippen LogP contribution in [0.1, 0.15) is 22.1 Å². The van der Waals surface area contributed by atoms with Gasteiger partial charge in [-0.2, -0.15) is 0 Å². The van der Waals surface area contributed by atoms with Crippen molar-refractivity contribution in [3.8, 4) is 0 Å². The van der Waals surface area contributed by atoms with E-state index in [9.17, 15) is 9.18 Å². The lowest BCUT2D eigenvalue weighted by Crippen LogP contribution is -2.26. The number of aromatic amines is 1. The second kappa shape index (κ2) is 9.23. The number of hydrogen-bond acceptors (Lipinski definition) is 6. The number of nitrogens with zero attached hydrogens (tertiary/aromatic N) is 5. The Balaban J connectivity index is 1.19. The molecular weight excluding hydrogens is 387 g/mol. The summed E-state index contributed by atoms with van der Waals surface area (Å²) in [5.74, 6) is 0.0306. The first-order valence-corrected chi connectivity index (χ1v) is 9.60. The Morgan fingerprint density at radius 3 is 2.90 bits per heavy atom. The molecule has 0 saturated heterocycles. The molecule has 4 aromatic rings. The van der Waals surface area contributed by atoms with E-state index >= 15 is 0 Å². The van der Waals surface area contributed by atoms with E-state index in [2.05, 4.69) is 35.7 Å². The number of rotatable bonds is 9. The average Bonchev–Trinajstić information content (AvgIpc) is 3.39. The van der Waals surface area contributed by atoms with Gasteiger partial charge in [0.2, 0.25) is 5.82 Å². The third-order valence-corrected chi connectivity index (χ3v) is 4.49. The normalized spacial score (nSPS) is 11.1. The van der Waals surface area contributed by atoms with Gasteiger partial charge in [0.15, 0.2) is 0 Å². The fourth-order valence-electron chi connectivity index (χ4n) is 2.95. The van der Waals surface area contributed by atoms with Gasteiger partial charge in [-0.15, -0.1) is 5.10 Å². The van der Waals surface area contributed by atoms with Gasteiger partial charge in [0.25, 0.3) is 5.91 Å². The lowest BCUT2D eigenvalue weighted by atomic mass is 10.3. The fraction of sp³-hybridized carbons (Fsp3) is 0.250. The molecule has 0 saturated carbocycles. The number of pyridine rings is 1. The van der Waals surface area contributed by atoms with E-state index in [1.54, 1.807) is 4.68 Å². The first-order chi connectivity index (χ1) is 14.7. The van der Waals surface area contributed by atoms with E-state index in [1.165, 1.54) is 24.7 Å². The number of para-hydroxylation sites is 2. The van der Waals surface area contributed by atoms with Gasteiger partial charge in [-0.3, -0.25) is 14.5 Å². The number of amides is 1. The maximum Gasteiger partial charge on any atom is 0.291 e. The van der Waals surface area contributed by atoms with E-state index < -0.39 is 11.7 Å². The van der Waals surface area contributed by atoms with Crippen LogP contribution < -0.4 is 10.6 Å². The zero-order valence-corrected chi connectivity index (χ0v) is 16.2. The molecule has 30 heavy (non-hydrogen) atoms. The topological polar surface area (TPSA) is 113 Å². The third kappa shape index (κ3) is 4.84. The summed E-state index contributed by atoms with van der Waals surface area (Å²) in [7, 11) is 0. The summed E-state index contributed by atoms with van der Waals surface area (Å²) in [6, 6.07) is 10.7. The van der Waals surface area contributed by atoms with Crippen LogP contribution in [0.4, 0.5) is 4.39 Å². The van der Waals surface area contributed by atoms with E-state index in [4.69, 9.17) is 0 Å². The number of H-pyrrole nitrogens is 1. The molecule has 0 aliphatic heterocycles. The Hall–Kier alpha value is -3.66. The van der Waals surface area contributed by atoms with Crippen molar-refractivity contribution in [3.05, 3.63) is 72.1 Å². The van der Waals surface area contributed by atoms with E-state index in [0.717, 1.165) is 29.8 Å². The van der Waals surface area contributed by atoms with E-state index in [0.29, 0.717) is 13.1 Å². The first kappa shape index (κ1) is 19.6. The first-order valence-electron chi connectivity index (χ1n) is 9.60. The number of carbonyl (C=O) groups excluding carboxylic acids is 1. The van der Waals surface area contributed by atoms with Gasteiger partial charge >= 0.3 is 0 Å². The highest BCUT2D eigenvalue weighted by Gasteiger charge is 2.12. The second-order valence-electron chi connectivity index (χ2n) is 6.65. The van der Waals surface area contributed by atoms with Crippen molar-refractivity contribution in [2.75, 3.05) is 13.1 Å². The molecule has 9 nitrogen and oxygen atoms in total.